The lowest BCUT2D eigenvalue weighted by Crippen LogP contribution is -2.09. The maximum atomic E-state index is 11.1. The van der Waals surface area contributed by atoms with Gasteiger partial charge in [0.05, 0.1) is 19.6 Å². The first-order chi connectivity index (χ1) is 9.62. The Morgan fingerprint density at radius 2 is 1.90 bits per heavy atom. The van der Waals surface area contributed by atoms with E-state index in [1.807, 2.05) is 32.0 Å². The second-order valence-electron chi connectivity index (χ2n) is 4.65. The number of rotatable bonds is 9. The van der Waals surface area contributed by atoms with Crippen LogP contribution in [-0.4, -0.2) is 24.3 Å². The fraction of sp³-hybridized carbons (Fsp3) is 0.562. The largest absolute Gasteiger partial charge is 0.494 e. The maximum absolute atomic E-state index is 11.1. The molecule has 4 heteroatoms. The summed E-state index contributed by atoms with van der Waals surface area (Å²) in [4.78, 5) is 11.1. The van der Waals surface area contributed by atoms with Gasteiger partial charge < -0.3 is 14.6 Å². The van der Waals surface area contributed by atoms with Crippen molar-refractivity contribution in [2.75, 3.05) is 13.2 Å². The number of benzene rings is 1. The summed E-state index contributed by atoms with van der Waals surface area (Å²) in [5, 5.41) is 9.09. The quantitative estimate of drug-likeness (QED) is 0.746. The van der Waals surface area contributed by atoms with E-state index in [9.17, 15) is 4.79 Å². The van der Waals surface area contributed by atoms with E-state index in [2.05, 4.69) is 6.92 Å². The summed E-state index contributed by atoms with van der Waals surface area (Å²) in [5.41, 5.74) is 0.932. The van der Waals surface area contributed by atoms with Gasteiger partial charge in [0.15, 0.2) is 0 Å². The molecule has 0 fully saturated rings. The van der Waals surface area contributed by atoms with Crippen molar-refractivity contribution in [1.82, 2.24) is 0 Å². The van der Waals surface area contributed by atoms with Gasteiger partial charge in [-0.15, -0.1) is 0 Å². The van der Waals surface area contributed by atoms with Gasteiger partial charge in [-0.2, -0.15) is 0 Å². The van der Waals surface area contributed by atoms with E-state index < -0.39 is 5.97 Å². The monoisotopic (exact) mass is 280 g/mol. The predicted octanol–water partition coefficient (Wildman–Crippen LogP) is 3.84. The molecule has 0 radical (unpaired) electrons. The Kier molecular flexibility index (Phi) is 6.91. The van der Waals surface area contributed by atoms with Gasteiger partial charge in [0, 0.05) is 5.56 Å². The molecule has 0 aliphatic carbocycles. The molecule has 0 saturated heterocycles. The normalized spacial score (nSPS) is 11.9. The molecule has 0 aliphatic heterocycles. The summed E-state index contributed by atoms with van der Waals surface area (Å²) >= 11 is 0. The van der Waals surface area contributed by atoms with Gasteiger partial charge in [0.25, 0.3) is 0 Å². The molecular weight excluding hydrogens is 256 g/mol. The molecule has 0 bridgehead atoms. The number of carbonyl (C=O) groups is 1. The van der Waals surface area contributed by atoms with Crippen LogP contribution in [0.25, 0.3) is 0 Å². The molecule has 1 aromatic rings. The third-order valence-electron chi connectivity index (χ3n) is 3.09. The van der Waals surface area contributed by atoms with E-state index in [1.165, 1.54) is 0 Å². The van der Waals surface area contributed by atoms with Crippen molar-refractivity contribution in [1.29, 1.82) is 0 Å². The molecule has 0 heterocycles. The first-order valence-electron chi connectivity index (χ1n) is 7.23. The van der Waals surface area contributed by atoms with Gasteiger partial charge >= 0.3 is 5.97 Å². The topological polar surface area (TPSA) is 55.8 Å². The molecule has 0 saturated carbocycles. The minimum Gasteiger partial charge on any atom is -0.494 e. The highest BCUT2D eigenvalue weighted by molar-refractivity contribution is 5.68. The molecule has 0 aromatic heterocycles. The highest BCUT2D eigenvalue weighted by atomic mass is 16.5. The van der Waals surface area contributed by atoms with Crippen LogP contribution in [-0.2, 0) is 4.79 Å². The molecule has 1 aromatic carbocycles. The lowest BCUT2D eigenvalue weighted by Gasteiger charge is -2.19. The predicted molar refractivity (Wildman–Crippen MR) is 78.7 cm³/mol. The van der Waals surface area contributed by atoms with Gasteiger partial charge in [-0.05, 0) is 44.4 Å². The highest BCUT2D eigenvalue weighted by Crippen LogP contribution is 2.35. The molecule has 1 atom stereocenters. The van der Waals surface area contributed by atoms with Gasteiger partial charge in [-0.1, -0.05) is 13.3 Å². The van der Waals surface area contributed by atoms with Crippen LogP contribution in [0.3, 0.4) is 0 Å². The van der Waals surface area contributed by atoms with Gasteiger partial charge in [-0.3, -0.25) is 4.79 Å². The van der Waals surface area contributed by atoms with Crippen molar-refractivity contribution >= 4 is 5.97 Å². The van der Waals surface area contributed by atoms with Crippen molar-refractivity contribution in [3.63, 3.8) is 0 Å². The van der Waals surface area contributed by atoms with Crippen LogP contribution < -0.4 is 9.47 Å². The summed E-state index contributed by atoms with van der Waals surface area (Å²) in [6.45, 7) is 7.06. The third kappa shape index (κ3) is 4.76. The van der Waals surface area contributed by atoms with Crippen molar-refractivity contribution < 1.29 is 19.4 Å². The number of hydrogen-bond donors (Lipinski definition) is 1. The van der Waals surface area contributed by atoms with Crippen molar-refractivity contribution in [2.24, 2.45) is 0 Å². The summed E-state index contributed by atoms with van der Waals surface area (Å²) in [5.74, 6) is 0.695. The summed E-state index contributed by atoms with van der Waals surface area (Å²) in [6.07, 6.45) is 1.87. The van der Waals surface area contributed by atoms with Crippen molar-refractivity contribution in [3.05, 3.63) is 23.8 Å². The summed E-state index contributed by atoms with van der Waals surface area (Å²) in [6, 6.07) is 5.65. The van der Waals surface area contributed by atoms with E-state index in [4.69, 9.17) is 14.6 Å². The first-order valence-corrected chi connectivity index (χ1v) is 7.23. The van der Waals surface area contributed by atoms with E-state index in [0.717, 1.165) is 29.9 Å². The number of hydrogen-bond acceptors (Lipinski definition) is 3. The van der Waals surface area contributed by atoms with E-state index in [0.29, 0.717) is 13.2 Å². The standard InChI is InChI=1S/C16H24O4/c1-4-7-12(10-16(17)18)14-11-13(19-5-2)8-9-15(14)20-6-3/h8-9,11-12H,4-7,10H2,1-3H3,(H,17,18). The highest BCUT2D eigenvalue weighted by Gasteiger charge is 2.19. The van der Waals surface area contributed by atoms with E-state index in [-0.39, 0.29) is 12.3 Å². The molecular formula is C16H24O4. The van der Waals surface area contributed by atoms with Crippen LogP contribution in [0.5, 0.6) is 11.5 Å². The van der Waals surface area contributed by atoms with Crippen molar-refractivity contribution in [3.8, 4) is 11.5 Å². The van der Waals surface area contributed by atoms with Crippen molar-refractivity contribution in [2.45, 2.75) is 46.0 Å². The molecule has 20 heavy (non-hydrogen) atoms. The number of aliphatic carboxylic acids is 1. The molecule has 0 amide bonds. The number of ether oxygens (including phenoxy) is 2. The Morgan fingerprint density at radius 1 is 1.20 bits per heavy atom. The number of carboxylic acids is 1. The molecule has 112 valence electrons. The smallest absolute Gasteiger partial charge is 0.303 e. The first kappa shape index (κ1) is 16.3. The second-order valence-corrected chi connectivity index (χ2v) is 4.65. The van der Waals surface area contributed by atoms with E-state index in [1.54, 1.807) is 0 Å². The lowest BCUT2D eigenvalue weighted by atomic mass is 9.90. The molecule has 0 spiro atoms. The Hall–Kier alpha value is -1.71. The Morgan fingerprint density at radius 3 is 2.45 bits per heavy atom. The van der Waals surface area contributed by atoms with Crippen LogP contribution in [0.4, 0.5) is 0 Å². The SMILES string of the molecule is CCCC(CC(=O)O)c1cc(OCC)ccc1OCC. The van der Waals surface area contributed by atoms with E-state index >= 15 is 0 Å². The zero-order valence-corrected chi connectivity index (χ0v) is 12.5. The molecule has 1 rings (SSSR count). The fourth-order valence-electron chi connectivity index (χ4n) is 2.32. The lowest BCUT2D eigenvalue weighted by molar-refractivity contribution is -0.137. The number of carboxylic acid groups (broad SMARTS) is 1. The zero-order chi connectivity index (χ0) is 15.0. The Balaban J connectivity index is 3.11. The molecule has 1 N–H and O–H groups in total. The second kappa shape index (κ2) is 8.46. The molecule has 1 unspecified atom stereocenters. The van der Waals surface area contributed by atoms with Crippen LogP contribution in [0.1, 0.15) is 51.5 Å². The minimum absolute atomic E-state index is 0.0422. The van der Waals surface area contributed by atoms with Gasteiger partial charge in [0.2, 0.25) is 0 Å². The van der Waals surface area contributed by atoms with Crippen LogP contribution in [0.15, 0.2) is 18.2 Å². The minimum atomic E-state index is -0.785. The average molecular weight is 280 g/mol. The van der Waals surface area contributed by atoms with Crippen LogP contribution >= 0.6 is 0 Å². The zero-order valence-electron chi connectivity index (χ0n) is 12.5. The summed E-state index contributed by atoms with van der Waals surface area (Å²) < 4.78 is 11.1. The third-order valence-corrected chi connectivity index (χ3v) is 3.09. The van der Waals surface area contributed by atoms with Gasteiger partial charge in [0.1, 0.15) is 11.5 Å². The Labute approximate surface area is 120 Å². The molecule has 4 nitrogen and oxygen atoms in total. The Bertz CT molecular complexity index is 428. The maximum Gasteiger partial charge on any atom is 0.303 e. The average Bonchev–Trinajstić information content (AvgIpc) is 2.40. The van der Waals surface area contributed by atoms with Gasteiger partial charge in [-0.25, -0.2) is 0 Å². The van der Waals surface area contributed by atoms with Crippen LogP contribution in [0.2, 0.25) is 0 Å². The summed E-state index contributed by atoms with van der Waals surface area (Å²) in [7, 11) is 0. The molecule has 0 aliphatic rings. The van der Waals surface area contributed by atoms with Crippen LogP contribution in [0, 0.1) is 0 Å². The fourth-order valence-corrected chi connectivity index (χ4v) is 2.32.